The smallest absolute Gasteiger partial charge is 0.393 e. The number of benzene rings is 1. The number of aromatic amines is 1. The van der Waals surface area contributed by atoms with Crippen molar-refractivity contribution in [2.24, 2.45) is 5.11 Å². The van der Waals surface area contributed by atoms with Gasteiger partial charge in [0.2, 0.25) is 0 Å². The van der Waals surface area contributed by atoms with E-state index >= 15 is 0 Å². The lowest BCUT2D eigenvalue weighted by molar-refractivity contribution is -0.0260. The van der Waals surface area contributed by atoms with Gasteiger partial charge in [-0.1, -0.05) is 28.3 Å². The molecule has 0 radical (unpaired) electrons. The van der Waals surface area contributed by atoms with E-state index in [0.717, 1.165) is 0 Å². The number of rotatable bonds is 9. The van der Waals surface area contributed by atoms with E-state index in [0.29, 0.717) is 5.02 Å². The van der Waals surface area contributed by atoms with Gasteiger partial charge in [0.25, 0.3) is 5.56 Å². The molecule has 0 bridgehead atoms. The minimum absolute atomic E-state index is 0.0228. The van der Waals surface area contributed by atoms with Crippen molar-refractivity contribution in [3.05, 3.63) is 95.8 Å². The number of hydrogen-bond acceptors (Lipinski definition) is 9. The third-order valence-corrected chi connectivity index (χ3v) is 7.06. The van der Waals surface area contributed by atoms with Crippen molar-refractivity contribution in [3.8, 4) is 11.5 Å². The first kappa shape index (κ1) is 26.7. The Morgan fingerprint density at radius 3 is 2.84 bits per heavy atom. The van der Waals surface area contributed by atoms with Gasteiger partial charge in [0, 0.05) is 34.3 Å². The van der Waals surface area contributed by atoms with Crippen molar-refractivity contribution < 1.29 is 22.9 Å². The summed E-state index contributed by atoms with van der Waals surface area (Å²) in [5.74, 6) is 0.0633. The molecule has 1 N–H and O–H groups in total. The van der Waals surface area contributed by atoms with Gasteiger partial charge in [0.05, 0.1) is 30.0 Å². The molecule has 0 aliphatic carbocycles. The maximum atomic E-state index is 13.7. The predicted molar refractivity (Wildman–Crippen MR) is 133 cm³/mol. The number of pyridine rings is 1. The molecule has 1 saturated heterocycles. The van der Waals surface area contributed by atoms with Crippen molar-refractivity contribution in [2.45, 2.75) is 31.7 Å². The molecule has 1 fully saturated rings. The van der Waals surface area contributed by atoms with E-state index in [1.807, 2.05) is 0 Å². The monoisotopic (exact) mass is 568 g/mol. The second-order valence-corrected chi connectivity index (χ2v) is 10.2. The molecule has 2 aromatic heterocycles. The van der Waals surface area contributed by atoms with Gasteiger partial charge in [-0.3, -0.25) is 23.9 Å². The first-order valence-corrected chi connectivity index (χ1v) is 12.9. The van der Waals surface area contributed by atoms with Gasteiger partial charge in [0.1, 0.15) is 6.23 Å². The van der Waals surface area contributed by atoms with E-state index < -0.39 is 44.1 Å². The molecule has 0 spiro atoms. The average Bonchev–Trinajstić information content (AvgIpc) is 3.25. The molecule has 37 heavy (non-hydrogen) atoms. The van der Waals surface area contributed by atoms with Gasteiger partial charge in [-0.05, 0) is 42.8 Å². The van der Waals surface area contributed by atoms with Gasteiger partial charge in [-0.2, -0.15) is 0 Å². The molecule has 1 aliphatic rings. The number of nitrogens with zero attached hydrogens (tertiary/aromatic N) is 5. The van der Waals surface area contributed by atoms with Crippen LogP contribution in [-0.2, 0) is 13.8 Å². The highest BCUT2D eigenvalue weighted by Crippen LogP contribution is 2.51. The van der Waals surface area contributed by atoms with E-state index in [2.05, 4.69) is 20.0 Å². The zero-order valence-electron chi connectivity index (χ0n) is 19.1. The summed E-state index contributed by atoms with van der Waals surface area (Å²) in [4.78, 5) is 32.9. The van der Waals surface area contributed by atoms with Crippen molar-refractivity contribution >= 4 is 31.0 Å². The Morgan fingerprint density at radius 1 is 1.32 bits per heavy atom. The zero-order chi connectivity index (χ0) is 26.6. The summed E-state index contributed by atoms with van der Waals surface area (Å²) in [5.41, 5.74) is 8.07. The van der Waals surface area contributed by atoms with Crippen molar-refractivity contribution in [3.63, 3.8) is 0 Å². The molecule has 0 saturated carbocycles. The summed E-state index contributed by atoms with van der Waals surface area (Å²) in [6.45, 7) is 1.11. The summed E-state index contributed by atoms with van der Waals surface area (Å²) in [6, 6.07) is 6.50. The van der Waals surface area contributed by atoms with E-state index in [-0.39, 0.29) is 28.5 Å². The number of phosphoric ester groups is 1. The SMILES string of the molecule is Cc1cn([C@H]2C[C@H](N=[N+]=[N-])[C@@H](COP(=O)(Oc3cccnc3)Oc3ccc(Cl)cc3Cl)O2)c(=O)[nH]c1=O. The molecule has 0 amide bonds. The molecule has 4 rings (SSSR count). The Bertz CT molecular complexity index is 1490. The van der Waals surface area contributed by atoms with E-state index in [4.69, 9.17) is 47.0 Å². The normalized spacial score (nSPS) is 20.6. The van der Waals surface area contributed by atoms with Crippen LogP contribution in [-0.4, -0.2) is 33.3 Å². The fourth-order valence-corrected chi connectivity index (χ4v) is 5.20. The molecule has 16 heteroatoms. The van der Waals surface area contributed by atoms with Crippen LogP contribution in [0.3, 0.4) is 0 Å². The quantitative estimate of drug-likeness (QED) is 0.166. The van der Waals surface area contributed by atoms with Gasteiger partial charge in [-0.15, -0.1) is 0 Å². The summed E-state index contributed by atoms with van der Waals surface area (Å²) in [6.07, 6.45) is 2.38. The van der Waals surface area contributed by atoms with Crippen LogP contribution in [0.4, 0.5) is 0 Å². The van der Waals surface area contributed by atoms with Gasteiger partial charge < -0.3 is 13.8 Å². The highest BCUT2D eigenvalue weighted by Gasteiger charge is 2.40. The van der Waals surface area contributed by atoms with Crippen LogP contribution in [0.5, 0.6) is 11.5 Å². The standard InChI is InChI=1S/C21H19Cl2N6O7P/c1-12-10-29(21(31)26-20(12)30)19-8-16(27-28-24)18(34-19)11-33-37(32,35-14-3-2-6-25-9-14)36-17-5-4-13(22)7-15(17)23/h2-7,9-10,16,18-19H,8,11H2,1H3,(H,26,30,31)/t16-,18+,19+,37?/m0/s1. The fourth-order valence-electron chi connectivity index (χ4n) is 3.46. The Hall–Kier alpha value is -3.31. The third-order valence-electron chi connectivity index (χ3n) is 5.21. The van der Waals surface area contributed by atoms with Crippen LogP contribution in [0.1, 0.15) is 18.2 Å². The second-order valence-electron chi connectivity index (χ2n) is 7.80. The first-order chi connectivity index (χ1) is 17.7. The molecule has 3 aromatic rings. The van der Waals surface area contributed by atoms with E-state index in [1.165, 1.54) is 54.3 Å². The number of ether oxygens (including phenoxy) is 1. The highest BCUT2D eigenvalue weighted by molar-refractivity contribution is 7.49. The number of azide groups is 1. The third kappa shape index (κ3) is 6.53. The first-order valence-electron chi connectivity index (χ1n) is 10.7. The summed E-state index contributed by atoms with van der Waals surface area (Å²) in [7, 11) is -4.42. The van der Waals surface area contributed by atoms with Gasteiger partial charge >= 0.3 is 13.5 Å². The lowest BCUT2D eigenvalue weighted by atomic mass is 10.1. The lowest BCUT2D eigenvalue weighted by Crippen LogP contribution is -2.33. The van der Waals surface area contributed by atoms with Crippen LogP contribution in [0.2, 0.25) is 10.0 Å². The number of nitrogens with one attached hydrogen (secondary N) is 1. The molecule has 4 atom stereocenters. The minimum atomic E-state index is -4.42. The van der Waals surface area contributed by atoms with Crippen molar-refractivity contribution in [1.29, 1.82) is 0 Å². The van der Waals surface area contributed by atoms with Crippen LogP contribution in [0, 0.1) is 6.92 Å². The molecule has 1 unspecified atom stereocenters. The molecule has 1 aliphatic heterocycles. The molecule has 13 nitrogen and oxygen atoms in total. The van der Waals surface area contributed by atoms with Crippen molar-refractivity contribution in [2.75, 3.05) is 6.61 Å². The highest BCUT2D eigenvalue weighted by atomic mass is 35.5. The largest absolute Gasteiger partial charge is 0.587 e. The Balaban J connectivity index is 1.58. The molecule has 3 heterocycles. The summed E-state index contributed by atoms with van der Waals surface area (Å²) in [5, 5.41) is 4.10. The number of aromatic nitrogens is 3. The Kier molecular flexibility index (Phi) is 8.23. The zero-order valence-corrected chi connectivity index (χ0v) is 21.5. The predicted octanol–water partition coefficient (Wildman–Crippen LogP) is 4.80. The summed E-state index contributed by atoms with van der Waals surface area (Å²) < 4.78 is 37.4. The number of halogens is 2. The minimum Gasteiger partial charge on any atom is -0.393 e. The van der Waals surface area contributed by atoms with E-state index in [1.54, 1.807) is 6.07 Å². The number of aryl methyl sites for hydroxylation is 1. The fraction of sp³-hybridized carbons (Fsp3) is 0.286. The Labute approximate surface area is 219 Å². The van der Waals surface area contributed by atoms with Crippen LogP contribution in [0.25, 0.3) is 10.4 Å². The summed E-state index contributed by atoms with van der Waals surface area (Å²) >= 11 is 12.1. The maximum absolute atomic E-state index is 13.7. The second kappa shape index (κ2) is 11.4. The molecule has 194 valence electrons. The number of H-pyrrole nitrogens is 1. The number of hydrogen-bond donors (Lipinski definition) is 1. The van der Waals surface area contributed by atoms with Crippen LogP contribution >= 0.6 is 31.0 Å². The van der Waals surface area contributed by atoms with E-state index in [9.17, 15) is 14.2 Å². The van der Waals surface area contributed by atoms with Gasteiger partial charge in [-0.25, -0.2) is 9.36 Å². The van der Waals surface area contributed by atoms with Gasteiger partial charge in [0.15, 0.2) is 11.5 Å². The number of phosphoric acid groups is 1. The molecular weight excluding hydrogens is 550 g/mol. The van der Waals surface area contributed by atoms with Crippen LogP contribution in [0.15, 0.2) is 63.6 Å². The Morgan fingerprint density at radius 2 is 2.14 bits per heavy atom. The molecular formula is C21H19Cl2N6O7P. The van der Waals surface area contributed by atoms with Crippen molar-refractivity contribution in [1.82, 2.24) is 14.5 Å². The van der Waals surface area contributed by atoms with Crippen LogP contribution < -0.4 is 20.3 Å². The topological polar surface area (TPSA) is 170 Å². The average molecular weight is 569 g/mol. The maximum Gasteiger partial charge on any atom is 0.587 e. The lowest BCUT2D eigenvalue weighted by Gasteiger charge is -2.22. The molecule has 1 aromatic carbocycles.